The molecule has 1 aromatic heterocycles. The second-order valence-electron chi connectivity index (χ2n) is 5.59. The standard InChI is InChI=1S/C14H14N6O7/c1-7-12(14(17(3)4)16-8(2)15-7)27-13-10(19(23)24)5-9(18(21)22)6-11(13)20(25)26/h5-6H,1-4H3. The molecular weight excluding hydrogens is 364 g/mol. The molecule has 142 valence electrons. The molecule has 27 heavy (non-hydrogen) atoms. The summed E-state index contributed by atoms with van der Waals surface area (Å²) in [4.78, 5) is 40.5. The van der Waals surface area contributed by atoms with Crippen LogP contribution < -0.4 is 9.64 Å². The number of non-ortho nitro benzene ring substituents is 1. The van der Waals surface area contributed by atoms with Crippen molar-refractivity contribution in [1.29, 1.82) is 0 Å². The monoisotopic (exact) mass is 378 g/mol. The summed E-state index contributed by atoms with van der Waals surface area (Å²) in [5.41, 5.74) is -2.35. The van der Waals surface area contributed by atoms with Gasteiger partial charge in [0, 0.05) is 14.1 Å². The molecule has 0 aliphatic rings. The van der Waals surface area contributed by atoms with Gasteiger partial charge in [0.15, 0.2) is 11.6 Å². The lowest BCUT2D eigenvalue weighted by Gasteiger charge is -2.18. The first-order chi connectivity index (χ1) is 12.5. The molecule has 1 aromatic carbocycles. The van der Waals surface area contributed by atoms with Crippen LogP contribution in [0.5, 0.6) is 11.5 Å². The summed E-state index contributed by atoms with van der Waals surface area (Å²) in [6.07, 6.45) is 0. The van der Waals surface area contributed by atoms with Gasteiger partial charge in [-0.1, -0.05) is 0 Å². The van der Waals surface area contributed by atoms with Gasteiger partial charge in [-0.25, -0.2) is 9.97 Å². The molecule has 0 fully saturated rings. The molecule has 13 nitrogen and oxygen atoms in total. The van der Waals surface area contributed by atoms with Gasteiger partial charge in [-0.15, -0.1) is 0 Å². The molecule has 0 spiro atoms. The minimum Gasteiger partial charge on any atom is -0.438 e. The molecule has 0 aliphatic carbocycles. The van der Waals surface area contributed by atoms with E-state index in [4.69, 9.17) is 4.74 Å². The van der Waals surface area contributed by atoms with Gasteiger partial charge in [0.1, 0.15) is 5.82 Å². The third kappa shape index (κ3) is 3.86. The number of ether oxygens (including phenoxy) is 1. The Morgan fingerprint density at radius 1 is 0.889 bits per heavy atom. The van der Waals surface area contributed by atoms with Gasteiger partial charge in [-0.05, 0) is 13.8 Å². The molecule has 0 atom stereocenters. The lowest BCUT2D eigenvalue weighted by Crippen LogP contribution is -2.14. The first-order valence-electron chi connectivity index (χ1n) is 7.34. The first-order valence-corrected chi connectivity index (χ1v) is 7.34. The lowest BCUT2D eigenvalue weighted by molar-refractivity contribution is -0.404. The summed E-state index contributed by atoms with van der Waals surface area (Å²) in [6, 6.07) is 1.20. The second kappa shape index (κ2) is 7.15. The van der Waals surface area contributed by atoms with Crippen molar-refractivity contribution >= 4 is 22.9 Å². The van der Waals surface area contributed by atoms with Gasteiger partial charge < -0.3 is 9.64 Å². The average Bonchev–Trinajstić information content (AvgIpc) is 2.55. The van der Waals surface area contributed by atoms with Gasteiger partial charge >= 0.3 is 11.4 Å². The van der Waals surface area contributed by atoms with E-state index in [1.54, 1.807) is 32.8 Å². The number of hydrogen-bond acceptors (Lipinski definition) is 10. The van der Waals surface area contributed by atoms with Gasteiger partial charge in [0.25, 0.3) is 11.4 Å². The van der Waals surface area contributed by atoms with Gasteiger partial charge in [0.05, 0.1) is 32.6 Å². The van der Waals surface area contributed by atoms with Crippen molar-refractivity contribution in [3.63, 3.8) is 0 Å². The number of hydrogen-bond donors (Lipinski definition) is 0. The Hall–Kier alpha value is -3.90. The summed E-state index contributed by atoms with van der Waals surface area (Å²) in [6.45, 7) is 3.17. The van der Waals surface area contributed by atoms with Crippen LogP contribution in [0.3, 0.4) is 0 Å². The molecule has 1 heterocycles. The van der Waals surface area contributed by atoms with Gasteiger partial charge in [0.2, 0.25) is 0 Å². The predicted octanol–water partition coefficient (Wildman–Crippen LogP) is 2.68. The van der Waals surface area contributed by atoms with Crippen molar-refractivity contribution in [1.82, 2.24) is 9.97 Å². The van der Waals surface area contributed by atoms with Gasteiger partial charge in [-0.2, -0.15) is 0 Å². The zero-order valence-corrected chi connectivity index (χ0v) is 14.7. The number of aryl methyl sites for hydroxylation is 2. The van der Waals surface area contributed by atoms with Crippen molar-refractivity contribution in [3.05, 3.63) is 54.0 Å². The molecule has 0 N–H and O–H groups in total. The minimum atomic E-state index is -0.991. The summed E-state index contributed by atoms with van der Waals surface area (Å²) in [5.74, 6) is -0.141. The van der Waals surface area contributed by atoms with Crippen molar-refractivity contribution in [2.75, 3.05) is 19.0 Å². The zero-order chi connectivity index (χ0) is 20.5. The van der Waals surface area contributed by atoms with E-state index in [2.05, 4.69) is 9.97 Å². The molecule has 0 amide bonds. The highest BCUT2D eigenvalue weighted by Crippen LogP contribution is 2.44. The fourth-order valence-corrected chi connectivity index (χ4v) is 2.27. The topological polar surface area (TPSA) is 168 Å². The zero-order valence-electron chi connectivity index (χ0n) is 14.7. The number of benzene rings is 1. The Labute approximate surface area is 151 Å². The summed E-state index contributed by atoms with van der Waals surface area (Å²) in [5, 5.41) is 33.7. The maximum absolute atomic E-state index is 11.4. The Morgan fingerprint density at radius 2 is 1.41 bits per heavy atom. The third-order valence-corrected chi connectivity index (χ3v) is 3.40. The van der Waals surface area contributed by atoms with Crippen LogP contribution in [-0.2, 0) is 0 Å². The van der Waals surface area contributed by atoms with Crippen molar-refractivity contribution in [3.8, 4) is 11.5 Å². The largest absolute Gasteiger partial charge is 0.438 e. The lowest BCUT2D eigenvalue weighted by atomic mass is 10.2. The number of anilines is 1. The fraction of sp³-hybridized carbons (Fsp3) is 0.286. The van der Waals surface area contributed by atoms with Crippen LogP contribution in [0, 0.1) is 44.2 Å². The average molecular weight is 378 g/mol. The Kier molecular flexibility index (Phi) is 5.14. The van der Waals surface area contributed by atoms with E-state index in [-0.39, 0.29) is 17.3 Å². The Bertz CT molecular complexity index is 924. The van der Waals surface area contributed by atoms with E-state index in [0.717, 1.165) is 0 Å². The molecule has 13 heteroatoms. The van der Waals surface area contributed by atoms with E-state index in [0.29, 0.717) is 18.0 Å². The van der Waals surface area contributed by atoms with E-state index >= 15 is 0 Å². The highest BCUT2D eigenvalue weighted by Gasteiger charge is 2.34. The summed E-state index contributed by atoms with van der Waals surface area (Å²) in [7, 11) is 3.26. The van der Waals surface area contributed by atoms with Crippen molar-refractivity contribution < 1.29 is 19.5 Å². The molecule has 2 rings (SSSR count). The molecule has 2 aromatic rings. The smallest absolute Gasteiger partial charge is 0.325 e. The molecule has 0 saturated heterocycles. The quantitative estimate of drug-likeness (QED) is 0.538. The maximum Gasteiger partial charge on any atom is 0.325 e. The number of nitro benzene ring substituents is 3. The highest BCUT2D eigenvalue weighted by molar-refractivity contribution is 5.68. The maximum atomic E-state index is 11.4. The van der Waals surface area contributed by atoms with E-state index in [1.165, 1.54) is 0 Å². The fourth-order valence-electron chi connectivity index (χ4n) is 2.27. The van der Waals surface area contributed by atoms with Crippen LogP contribution in [0.2, 0.25) is 0 Å². The van der Waals surface area contributed by atoms with Crippen molar-refractivity contribution in [2.45, 2.75) is 13.8 Å². The normalized spacial score (nSPS) is 10.4. The molecule has 0 bridgehead atoms. The first kappa shape index (κ1) is 19.4. The number of aromatic nitrogens is 2. The van der Waals surface area contributed by atoms with Crippen LogP contribution >= 0.6 is 0 Å². The second-order valence-corrected chi connectivity index (χ2v) is 5.59. The Morgan fingerprint density at radius 3 is 1.81 bits per heavy atom. The van der Waals surface area contributed by atoms with Crippen LogP contribution in [0.4, 0.5) is 22.9 Å². The highest BCUT2D eigenvalue weighted by atomic mass is 16.6. The summed E-state index contributed by atoms with van der Waals surface area (Å²) >= 11 is 0. The van der Waals surface area contributed by atoms with Crippen LogP contribution in [0.1, 0.15) is 11.5 Å². The van der Waals surface area contributed by atoms with Crippen LogP contribution in [-0.4, -0.2) is 38.8 Å². The van der Waals surface area contributed by atoms with Crippen LogP contribution in [0.25, 0.3) is 0 Å². The third-order valence-electron chi connectivity index (χ3n) is 3.40. The number of rotatable bonds is 6. The number of nitro groups is 3. The van der Waals surface area contributed by atoms with E-state index < -0.39 is 37.6 Å². The van der Waals surface area contributed by atoms with Crippen molar-refractivity contribution in [2.24, 2.45) is 0 Å². The molecule has 0 saturated carbocycles. The van der Waals surface area contributed by atoms with E-state index in [9.17, 15) is 30.3 Å². The predicted molar refractivity (Wildman–Crippen MR) is 92.3 cm³/mol. The molecule has 0 unspecified atom stereocenters. The Balaban J connectivity index is 2.78. The van der Waals surface area contributed by atoms with Crippen LogP contribution in [0.15, 0.2) is 12.1 Å². The van der Waals surface area contributed by atoms with E-state index in [1.807, 2.05) is 0 Å². The molecular formula is C14H14N6O7. The minimum absolute atomic E-state index is 0.0364. The SMILES string of the molecule is Cc1nc(C)c(Oc2c([N+](=O)[O-])cc([N+](=O)[O-])cc2[N+](=O)[O-])c(N(C)C)n1. The number of nitrogens with zero attached hydrogens (tertiary/aromatic N) is 6. The summed E-state index contributed by atoms with van der Waals surface area (Å²) < 4.78 is 5.50. The molecule has 0 aliphatic heterocycles. The molecule has 0 radical (unpaired) electrons. The van der Waals surface area contributed by atoms with Gasteiger partial charge in [-0.3, -0.25) is 30.3 Å².